The van der Waals surface area contributed by atoms with Crippen LogP contribution < -0.4 is 5.73 Å². The molecule has 26 heavy (non-hydrogen) atoms. The van der Waals surface area contributed by atoms with E-state index >= 15 is 0 Å². The van der Waals surface area contributed by atoms with Crippen LogP contribution in [0.15, 0.2) is 60.7 Å². The van der Waals surface area contributed by atoms with Crippen molar-refractivity contribution < 1.29 is 4.79 Å². The molecule has 140 valence electrons. The highest BCUT2D eigenvalue weighted by Gasteiger charge is 2.30. The van der Waals surface area contributed by atoms with Crippen molar-refractivity contribution in [2.24, 2.45) is 11.7 Å². The third-order valence-corrected chi connectivity index (χ3v) is 5.42. The minimum Gasteiger partial charge on any atom is -0.332 e. The quantitative estimate of drug-likeness (QED) is 0.797. The Kier molecular flexibility index (Phi) is 7.67. The lowest BCUT2D eigenvalue weighted by molar-refractivity contribution is -0.135. The molecule has 2 N–H and O–H groups in total. The van der Waals surface area contributed by atoms with Crippen molar-refractivity contribution in [1.82, 2.24) is 4.90 Å². The first-order valence-electron chi connectivity index (χ1n) is 9.29. The fourth-order valence-electron chi connectivity index (χ4n) is 3.79. The molecule has 1 fully saturated rings. The Morgan fingerprint density at radius 2 is 1.69 bits per heavy atom. The second-order valence-corrected chi connectivity index (χ2v) is 7.15. The molecule has 0 radical (unpaired) electrons. The van der Waals surface area contributed by atoms with Crippen molar-refractivity contribution in [1.29, 1.82) is 0 Å². The molecule has 1 amide bonds. The Labute approximate surface area is 163 Å². The Morgan fingerprint density at radius 1 is 1.08 bits per heavy atom. The number of halogens is 1. The van der Waals surface area contributed by atoms with E-state index in [0.29, 0.717) is 18.9 Å². The summed E-state index contributed by atoms with van der Waals surface area (Å²) in [6.45, 7) is 2.75. The Hall–Kier alpha value is -1.84. The smallest absolute Gasteiger partial charge is 0.223 e. The summed E-state index contributed by atoms with van der Waals surface area (Å²) in [5, 5.41) is 0. The van der Waals surface area contributed by atoms with Crippen molar-refractivity contribution >= 4 is 18.3 Å². The van der Waals surface area contributed by atoms with Gasteiger partial charge in [-0.3, -0.25) is 4.79 Å². The Morgan fingerprint density at radius 3 is 2.27 bits per heavy atom. The van der Waals surface area contributed by atoms with Crippen LogP contribution in [0.25, 0.3) is 0 Å². The van der Waals surface area contributed by atoms with Gasteiger partial charge in [0.1, 0.15) is 0 Å². The number of carbonyl (C=O) groups excluding carboxylic acids is 1. The summed E-state index contributed by atoms with van der Waals surface area (Å²) in [6, 6.07) is 20.7. The van der Waals surface area contributed by atoms with Crippen LogP contribution >= 0.6 is 12.4 Å². The van der Waals surface area contributed by atoms with E-state index in [2.05, 4.69) is 31.2 Å². The maximum atomic E-state index is 13.1. The van der Waals surface area contributed by atoms with Crippen molar-refractivity contribution in [3.05, 3.63) is 71.8 Å². The molecule has 0 heterocycles. The zero-order valence-corrected chi connectivity index (χ0v) is 16.2. The van der Waals surface area contributed by atoms with Gasteiger partial charge in [-0.25, -0.2) is 0 Å². The van der Waals surface area contributed by atoms with Crippen LogP contribution in [-0.4, -0.2) is 16.8 Å². The molecular formula is C22H29ClN2O. The Balaban J connectivity index is 0.00000243. The predicted molar refractivity (Wildman–Crippen MR) is 109 cm³/mol. The van der Waals surface area contributed by atoms with Gasteiger partial charge in [-0.1, -0.05) is 67.1 Å². The largest absolute Gasteiger partial charge is 0.332 e. The lowest BCUT2D eigenvalue weighted by atomic mass is 9.98. The summed E-state index contributed by atoms with van der Waals surface area (Å²) >= 11 is 0. The summed E-state index contributed by atoms with van der Waals surface area (Å²) in [5.41, 5.74) is 8.53. The Bertz CT molecular complexity index is 677. The summed E-state index contributed by atoms with van der Waals surface area (Å²) < 4.78 is 0. The first kappa shape index (κ1) is 20.5. The average molecular weight is 373 g/mol. The van der Waals surface area contributed by atoms with E-state index in [1.54, 1.807) is 0 Å². The summed E-state index contributed by atoms with van der Waals surface area (Å²) in [6.07, 6.45) is 3.83. The number of nitrogens with zero attached hydrogens (tertiary/aromatic N) is 1. The number of carbonyl (C=O) groups is 1. The molecule has 1 unspecified atom stereocenters. The molecule has 4 heteroatoms. The fraction of sp³-hybridized carbons (Fsp3) is 0.409. The van der Waals surface area contributed by atoms with Gasteiger partial charge < -0.3 is 10.6 Å². The highest BCUT2D eigenvalue weighted by molar-refractivity contribution is 5.85. The van der Waals surface area contributed by atoms with E-state index in [-0.39, 0.29) is 30.4 Å². The lowest BCUT2D eigenvalue weighted by Gasteiger charge is -2.31. The number of nitrogens with two attached hydrogens (primary N) is 1. The van der Waals surface area contributed by atoms with E-state index < -0.39 is 0 Å². The van der Waals surface area contributed by atoms with Crippen LogP contribution in [0.4, 0.5) is 0 Å². The fourth-order valence-corrected chi connectivity index (χ4v) is 3.79. The van der Waals surface area contributed by atoms with Crippen LogP contribution in [0.3, 0.4) is 0 Å². The van der Waals surface area contributed by atoms with Gasteiger partial charge in [-0.05, 0) is 36.8 Å². The zero-order chi connectivity index (χ0) is 17.6. The van der Waals surface area contributed by atoms with Crippen molar-refractivity contribution in [2.45, 2.75) is 51.2 Å². The van der Waals surface area contributed by atoms with Crippen molar-refractivity contribution in [2.75, 3.05) is 0 Å². The molecule has 0 aliphatic heterocycles. The van der Waals surface area contributed by atoms with Gasteiger partial charge in [-0.15, -0.1) is 12.4 Å². The number of amides is 1. The maximum absolute atomic E-state index is 13.1. The minimum atomic E-state index is 0. The van der Waals surface area contributed by atoms with E-state index in [1.165, 1.54) is 5.56 Å². The van der Waals surface area contributed by atoms with Gasteiger partial charge in [0.15, 0.2) is 0 Å². The molecule has 0 saturated heterocycles. The van der Waals surface area contributed by atoms with Gasteiger partial charge in [0, 0.05) is 19.0 Å². The highest BCUT2D eigenvalue weighted by Crippen LogP contribution is 2.30. The molecule has 1 aliphatic carbocycles. The van der Waals surface area contributed by atoms with Crippen LogP contribution in [0.1, 0.15) is 49.8 Å². The summed E-state index contributed by atoms with van der Waals surface area (Å²) in [4.78, 5) is 15.1. The van der Waals surface area contributed by atoms with Gasteiger partial charge in [-0.2, -0.15) is 0 Å². The molecule has 0 aromatic heterocycles. The molecule has 1 aliphatic rings. The molecule has 3 rings (SSSR count). The lowest BCUT2D eigenvalue weighted by Crippen LogP contribution is -2.36. The summed E-state index contributed by atoms with van der Waals surface area (Å²) in [7, 11) is 0. The topological polar surface area (TPSA) is 46.3 Å². The maximum Gasteiger partial charge on any atom is 0.223 e. The first-order valence-corrected chi connectivity index (χ1v) is 9.29. The average Bonchev–Trinajstić information content (AvgIpc) is 3.05. The van der Waals surface area contributed by atoms with E-state index in [0.717, 1.165) is 24.8 Å². The zero-order valence-electron chi connectivity index (χ0n) is 15.4. The number of benzene rings is 2. The van der Waals surface area contributed by atoms with Crippen LogP contribution in [0.2, 0.25) is 0 Å². The van der Waals surface area contributed by atoms with E-state index in [4.69, 9.17) is 5.73 Å². The number of hydrogen-bond acceptors (Lipinski definition) is 2. The van der Waals surface area contributed by atoms with E-state index in [1.807, 2.05) is 41.3 Å². The van der Waals surface area contributed by atoms with Gasteiger partial charge in [0.05, 0.1) is 6.04 Å². The molecule has 3 nitrogen and oxygen atoms in total. The SMILES string of the molecule is CC(c1ccccc1)N(Cc1ccccc1)C(=O)C[C@@H]1CCC[C@H]1N.Cl. The predicted octanol–water partition coefficient (Wildman–Crippen LogP) is 4.72. The van der Waals surface area contributed by atoms with E-state index in [9.17, 15) is 4.79 Å². The molecule has 3 atom stereocenters. The van der Waals surface area contributed by atoms with Crippen LogP contribution in [0.5, 0.6) is 0 Å². The molecule has 1 saturated carbocycles. The highest BCUT2D eigenvalue weighted by atomic mass is 35.5. The van der Waals surface area contributed by atoms with Gasteiger partial charge in [0.2, 0.25) is 5.91 Å². The molecule has 0 spiro atoms. The molecule has 0 bridgehead atoms. The molecular weight excluding hydrogens is 344 g/mol. The number of rotatable bonds is 6. The van der Waals surface area contributed by atoms with Crippen LogP contribution in [0, 0.1) is 5.92 Å². The van der Waals surface area contributed by atoms with Crippen molar-refractivity contribution in [3.8, 4) is 0 Å². The molecule has 2 aromatic rings. The third-order valence-electron chi connectivity index (χ3n) is 5.42. The van der Waals surface area contributed by atoms with Crippen molar-refractivity contribution in [3.63, 3.8) is 0 Å². The minimum absolute atomic E-state index is 0. The normalized spacial score (nSPS) is 20.2. The standard InChI is InChI=1S/C22H28N2O.ClH/c1-17(19-11-6-3-7-12-19)24(16-18-9-4-2-5-10-18)22(25)15-20-13-8-14-21(20)23;/h2-7,9-12,17,20-21H,8,13-16,23H2,1H3;1H/t17?,20-,21+;/m0./s1. The second-order valence-electron chi connectivity index (χ2n) is 7.15. The van der Waals surface area contributed by atoms with Crippen LogP contribution in [-0.2, 0) is 11.3 Å². The number of hydrogen-bond donors (Lipinski definition) is 1. The van der Waals surface area contributed by atoms with Gasteiger partial charge in [0.25, 0.3) is 0 Å². The second kappa shape index (κ2) is 9.75. The molecule has 2 aromatic carbocycles. The summed E-state index contributed by atoms with van der Waals surface area (Å²) in [5.74, 6) is 0.538. The van der Waals surface area contributed by atoms with Gasteiger partial charge >= 0.3 is 0 Å². The third kappa shape index (κ3) is 5.09. The first-order chi connectivity index (χ1) is 12.1. The monoisotopic (exact) mass is 372 g/mol.